The van der Waals surface area contributed by atoms with Crippen LogP contribution in [-0.2, 0) is 4.74 Å². The number of guanidine groups is 1. The molecule has 0 heterocycles. The second-order valence-corrected chi connectivity index (χ2v) is 6.25. The van der Waals surface area contributed by atoms with Gasteiger partial charge in [-0.25, -0.2) is 0 Å². The molecule has 0 aliphatic rings. The van der Waals surface area contributed by atoms with E-state index in [1.807, 2.05) is 36.0 Å². The van der Waals surface area contributed by atoms with Crippen LogP contribution < -0.4 is 15.8 Å². The molecule has 0 unspecified atom stereocenters. The maximum atomic E-state index is 5.69. The van der Waals surface area contributed by atoms with Crippen LogP contribution in [0.4, 0.5) is 0 Å². The average Bonchev–Trinajstić information content (AvgIpc) is 2.46. The maximum Gasteiger partial charge on any atom is 0.188 e. The summed E-state index contributed by atoms with van der Waals surface area (Å²) in [7, 11) is 1.64. The van der Waals surface area contributed by atoms with Gasteiger partial charge in [-0.3, -0.25) is 4.99 Å². The van der Waals surface area contributed by atoms with Crippen molar-refractivity contribution in [3.8, 4) is 5.75 Å². The van der Waals surface area contributed by atoms with Crippen LogP contribution in [0, 0.1) is 0 Å². The van der Waals surface area contributed by atoms with Crippen molar-refractivity contribution >= 4 is 33.7 Å². The number of methoxy groups -OCH3 is 1. The monoisotopic (exact) mass is 375 g/mol. The first-order valence-corrected chi connectivity index (χ1v) is 8.66. The summed E-state index contributed by atoms with van der Waals surface area (Å²) in [5.41, 5.74) is 5.69. The topological polar surface area (TPSA) is 68.9 Å². The van der Waals surface area contributed by atoms with Crippen LogP contribution in [0.3, 0.4) is 0 Å². The number of ether oxygens (including phenoxy) is 2. The Hall–Kier alpha value is -0.920. The molecule has 0 spiro atoms. The summed E-state index contributed by atoms with van der Waals surface area (Å²) in [6.45, 7) is 2.66. The van der Waals surface area contributed by atoms with Gasteiger partial charge >= 0.3 is 0 Å². The number of nitrogens with two attached hydrogens (primary N) is 1. The van der Waals surface area contributed by atoms with Crippen LogP contribution in [0.15, 0.2) is 33.7 Å². The van der Waals surface area contributed by atoms with E-state index >= 15 is 0 Å². The molecule has 0 bridgehead atoms. The Labute approximate surface area is 138 Å². The fourth-order valence-corrected chi connectivity index (χ4v) is 2.47. The summed E-state index contributed by atoms with van der Waals surface area (Å²) >= 11 is 5.23. The SMILES string of the molecule is COCCN=C(N)NCCSCCOc1cccc(Br)c1. The summed E-state index contributed by atoms with van der Waals surface area (Å²) < 4.78 is 11.6. The van der Waals surface area contributed by atoms with Gasteiger partial charge in [-0.15, -0.1) is 0 Å². The van der Waals surface area contributed by atoms with Crippen LogP contribution in [0.1, 0.15) is 0 Å². The van der Waals surface area contributed by atoms with Crippen molar-refractivity contribution in [1.82, 2.24) is 5.32 Å². The molecule has 118 valence electrons. The van der Waals surface area contributed by atoms with Crippen LogP contribution >= 0.6 is 27.7 Å². The summed E-state index contributed by atoms with van der Waals surface area (Å²) in [5.74, 6) is 3.26. The molecule has 3 N–H and O–H groups in total. The van der Waals surface area contributed by atoms with Crippen molar-refractivity contribution in [3.63, 3.8) is 0 Å². The van der Waals surface area contributed by atoms with E-state index in [9.17, 15) is 0 Å². The van der Waals surface area contributed by atoms with E-state index < -0.39 is 0 Å². The molecular weight excluding hydrogens is 354 g/mol. The smallest absolute Gasteiger partial charge is 0.188 e. The largest absolute Gasteiger partial charge is 0.493 e. The number of rotatable bonds is 10. The van der Waals surface area contributed by atoms with Gasteiger partial charge in [-0.2, -0.15) is 11.8 Å². The minimum Gasteiger partial charge on any atom is -0.493 e. The van der Waals surface area contributed by atoms with Crippen molar-refractivity contribution < 1.29 is 9.47 Å². The number of nitrogens with zero attached hydrogens (tertiary/aromatic N) is 1. The fraction of sp³-hybridized carbons (Fsp3) is 0.500. The van der Waals surface area contributed by atoms with Gasteiger partial charge in [-0.05, 0) is 18.2 Å². The number of thioether (sulfide) groups is 1. The zero-order valence-corrected chi connectivity index (χ0v) is 14.6. The lowest BCUT2D eigenvalue weighted by molar-refractivity contribution is 0.208. The second-order valence-electron chi connectivity index (χ2n) is 4.10. The highest BCUT2D eigenvalue weighted by molar-refractivity contribution is 9.10. The van der Waals surface area contributed by atoms with Crippen LogP contribution in [-0.4, -0.2) is 50.9 Å². The molecular formula is C14H22BrN3O2S. The number of nitrogens with one attached hydrogen (secondary N) is 1. The third kappa shape index (κ3) is 9.60. The highest BCUT2D eigenvalue weighted by Crippen LogP contribution is 2.17. The Morgan fingerprint density at radius 1 is 1.38 bits per heavy atom. The zero-order chi connectivity index (χ0) is 15.3. The Morgan fingerprint density at radius 2 is 2.24 bits per heavy atom. The molecule has 0 aliphatic heterocycles. The predicted octanol–water partition coefficient (Wildman–Crippen LogP) is 2.11. The van der Waals surface area contributed by atoms with Crippen molar-refractivity contribution in [3.05, 3.63) is 28.7 Å². The van der Waals surface area contributed by atoms with Gasteiger partial charge in [0.05, 0.1) is 19.8 Å². The molecule has 1 rings (SSSR count). The number of hydrogen-bond acceptors (Lipinski definition) is 4. The molecule has 7 heteroatoms. The van der Waals surface area contributed by atoms with Gasteiger partial charge < -0.3 is 20.5 Å². The number of hydrogen-bond donors (Lipinski definition) is 2. The van der Waals surface area contributed by atoms with Gasteiger partial charge in [0.25, 0.3) is 0 Å². The molecule has 0 fully saturated rings. The third-order valence-corrected chi connectivity index (χ3v) is 3.86. The first-order chi connectivity index (χ1) is 10.2. The molecule has 1 aromatic rings. The number of halogens is 1. The maximum absolute atomic E-state index is 5.69. The van der Waals surface area contributed by atoms with Gasteiger partial charge in [0.2, 0.25) is 0 Å². The third-order valence-electron chi connectivity index (χ3n) is 2.42. The lowest BCUT2D eigenvalue weighted by Crippen LogP contribution is -2.33. The molecule has 0 aromatic heterocycles. The molecule has 0 radical (unpaired) electrons. The average molecular weight is 376 g/mol. The summed E-state index contributed by atoms with van der Waals surface area (Å²) in [4.78, 5) is 4.12. The minimum atomic E-state index is 0.470. The van der Waals surface area contributed by atoms with E-state index in [1.54, 1.807) is 7.11 Å². The van der Waals surface area contributed by atoms with Crippen LogP contribution in [0.25, 0.3) is 0 Å². The van der Waals surface area contributed by atoms with E-state index in [0.29, 0.717) is 25.7 Å². The molecule has 0 amide bonds. The summed E-state index contributed by atoms with van der Waals surface area (Å²) in [5, 5.41) is 3.06. The second kappa shape index (κ2) is 11.7. The lowest BCUT2D eigenvalue weighted by atomic mass is 10.3. The first kappa shape index (κ1) is 18.1. The van der Waals surface area contributed by atoms with Gasteiger partial charge in [0, 0.05) is 29.6 Å². The van der Waals surface area contributed by atoms with E-state index in [4.69, 9.17) is 15.2 Å². The quantitative estimate of drug-likeness (QED) is 0.372. The van der Waals surface area contributed by atoms with Crippen LogP contribution in [0.5, 0.6) is 5.75 Å². The van der Waals surface area contributed by atoms with Crippen molar-refractivity contribution in [1.29, 1.82) is 0 Å². The van der Waals surface area contributed by atoms with Gasteiger partial charge in [0.15, 0.2) is 5.96 Å². The fourth-order valence-electron chi connectivity index (χ4n) is 1.44. The summed E-state index contributed by atoms with van der Waals surface area (Å²) in [6, 6.07) is 7.85. The van der Waals surface area contributed by atoms with E-state index in [1.165, 1.54) is 0 Å². The van der Waals surface area contributed by atoms with E-state index in [-0.39, 0.29) is 0 Å². The molecule has 0 aliphatic carbocycles. The Kier molecular flexibility index (Phi) is 10.1. The predicted molar refractivity (Wildman–Crippen MR) is 93.3 cm³/mol. The van der Waals surface area contributed by atoms with Gasteiger partial charge in [0.1, 0.15) is 5.75 Å². The minimum absolute atomic E-state index is 0.470. The van der Waals surface area contributed by atoms with Crippen molar-refractivity contribution in [2.45, 2.75) is 0 Å². The van der Waals surface area contributed by atoms with Crippen molar-refractivity contribution in [2.24, 2.45) is 10.7 Å². The highest BCUT2D eigenvalue weighted by Gasteiger charge is 1.96. The van der Waals surface area contributed by atoms with Crippen LogP contribution in [0.2, 0.25) is 0 Å². The molecule has 0 saturated heterocycles. The molecule has 0 saturated carbocycles. The van der Waals surface area contributed by atoms with Crippen molar-refractivity contribution in [2.75, 3.05) is 44.9 Å². The number of aliphatic imine (C=N–C) groups is 1. The van der Waals surface area contributed by atoms with Gasteiger partial charge in [-0.1, -0.05) is 22.0 Å². The Morgan fingerprint density at radius 3 is 3.00 bits per heavy atom. The standard InChI is InChI=1S/C14H22BrN3O2S/c1-19-7-5-17-14(16)18-6-9-21-10-8-20-13-4-2-3-12(15)11-13/h2-4,11H,5-10H2,1H3,(H3,16,17,18). The summed E-state index contributed by atoms with van der Waals surface area (Å²) in [6.07, 6.45) is 0. The molecule has 21 heavy (non-hydrogen) atoms. The lowest BCUT2D eigenvalue weighted by Gasteiger charge is -2.07. The first-order valence-electron chi connectivity index (χ1n) is 6.71. The molecule has 1 aromatic carbocycles. The highest BCUT2D eigenvalue weighted by atomic mass is 79.9. The molecule has 0 atom stereocenters. The molecule has 5 nitrogen and oxygen atoms in total. The Bertz CT molecular complexity index is 432. The number of benzene rings is 1. The van der Waals surface area contributed by atoms with E-state index in [0.717, 1.165) is 28.3 Å². The normalized spacial score (nSPS) is 11.4. The zero-order valence-electron chi connectivity index (χ0n) is 12.2. The Balaban J connectivity index is 1.98. The van der Waals surface area contributed by atoms with E-state index in [2.05, 4.69) is 26.2 Å².